The molecule has 0 amide bonds. The first-order chi connectivity index (χ1) is 11.1. The van der Waals surface area contributed by atoms with Gasteiger partial charge in [0.15, 0.2) is 0 Å². The molecule has 1 fully saturated rings. The molecule has 1 atom stereocenters. The Balaban J connectivity index is 0.00000312. The highest BCUT2D eigenvalue weighted by atomic mass is 35.5. The van der Waals surface area contributed by atoms with Crippen molar-refractivity contribution in [3.63, 3.8) is 0 Å². The zero-order chi connectivity index (χ0) is 18.0. The number of alkyl halides is 3. The van der Waals surface area contributed by atoms with Crippen LogP contribution in [-0.4, -0.2) is 44.6 Å². The lowest BCUT2D eigenvalue weighted by Crippen LogP contribution is -2.48. The van der Waals surface area contributed by atoms with E-state index in [0.29, 0.717) is 11.3 Å². The normalized spacial score (nSPS) is 16.9. The zero-order valence-corrected chi connectivity index (χ0v) is 17.0. The summed E-state index contributed by atoms with van der Waals surface area (Å²) >= 11 is 0. The van der Waals surface area contributed by atoms with Crippen LogP contribution < -0.4 is 14.8 Å². The van der Waals surface area contributed by atoms with Crippen LogP contribution in [0.3, 0.4) is 0 Å². The number of nitrogens with one attached hydrogen (secondary N) is 1. The molecule has 1 heterocycles. The molecule has 0 spiro atoms. The van der Waals surface area contributed by atoms with Gasteiger partial charge in [0.25, 0.3) is 0 Å². The Kier molecular flexibility index (Phi) is 9.54. The van der Waals surface area contributed by atoms with Gasteiger partial charge in [-0.15, -0.1) is 38.0 Å². The summed E-state index contributed by atoms with van der Waals surface area (Å²) < 4.78 is 47.2. The molecule has 2 rings (SSSR count). The van der Waals surface area contributed by atoms with Gasteiger partial charge in [0, 0.05) is 37.8 Å². The molecule has 9 heteroatoms. The van der Waals surface area contributed by atoms with Crippen LogP contribution in [0.15, 0.2) is 18.2 Å². The molecule has 0 unspecified atom stereocenters. The summed E-state index contributed by atoms with van der Waals surface area (Å²) in [5, 5.41) is 3.30. The van der Waals surface area contributed by atoms with Crippen molar-refractivity contribution in [2.45, 2.75) is 33.2 Å². The van der Waals surface area contributed by atoms with Gasteiger partial charge in [0.1, 0.15) is 11.5 Å². The van der Waals surface area contributed by atoms with Crippen molar-refractivity contribution in [3.8, 4) is 11.5 Å². The lowest BCUT2D eigenvalue weighted by molar-refractivity contribution is -0.274. The monoisotopic (exact) mass is 418 g/mol. The van der Waals surface area contributed by atoms with Gasteiger partial charge in [0.2, 0.25) is 0 Å². The van der Waals surface area contributed by atoms with Gasteiger partial charge in [-0.3, -0.25) is 4.90 Å². The largest absolute Gasteiger partial charge is 0.573 e. The van der Waals surface area contributed by atoms with Crippen LogP contribution in [0.2, 0.25) is 0 Å². The SMILES string of the molecule is COc1ccc(OC(F)(F)F)cc1[C@H](N1CCNCC1)C(C)(C)C.Cl.Cl. The van der Waals surface area contributed by atoms with E-state index in [2.05, 4.69) is 35.7 Å². The van der Waals surface area contributed by atoms with E-state index in [9.17, 15) is 13.2 Å². The Morgan fingerprint density at radius 3 is 2.12 bits per heavy atom. The fourth-order valence-electron chi connectivity index (χ4n) is 3.27. The summed E-state index contributed by atoms with van der Waals surface area (Å²) in [4.78, 5) is 2.28. The summed E-state index contributed by atoms with van der Waals surface area (Å²) in [5.41, 5.74) is 0.537. The minimum Gasteiger partial charge on any atom is -0.496 e. The van der Waals surface area contributed by atoms with E-state index in [0.717, 1.165) is 26.2 Å². The van der Waals surface area contributed by atoms with Crippen LogP contribution >= 0.6 is 24.8 Å². The van der Waals surface area contributed by atoms with Crippen molar-refractivity contribution in [1.29, 1.82) is 0 Å². The summed E-state index contributed by atoms with van der Waals surface area (Å²) in [6, 6.07) is 4.20. The lowest BCUT2D eigenvalue weighted by atomic mass is 9.80. The van der Waals surface area contributed by atoms with Gasteiger partial charge < -0.3 is 14.8 Å². The predicted molar refractivity (Wildman–Crippen MR) is 101 cm³/mol. The fraction of sp³-hybridized carbons (Fsp3) is 0.647. The van der Waals surface area contributed by atoms with E-state index < -0.39 is 6.36 Å². The van der Waals surface area contributed by atoms with Crippen molar-refractivity contribution in [1.82, 2.24) is 10.2 Å². The number of benzene rings is 1. The highest BCUT2D eigenvalue weighted by molar-refractivity contribution is 5.85. The molecule has 0 aliphatic carbocycles. The minimum atomic E-state index is -4.71. The second-order valence-electron chi connectivity index (χ2n) is 7.01. The molecular weight excluding hydrogens is 392 g/mol. The summed E-state index contributed by atoms with van der Waals surface area (Å²) in [6.45, 7) is 9.61. The number of hydrogen-bond acceptors (Lipinski definition) is 4. The second-order valence-corrected chi connectivity index (χ2v) is 7.01. The fourth-order valence-corrected chi connectivity index (χ4v) is 3.27. The Morgan fingerprint density at radius 2 is 1.65 bits per heavy atom. The third-order valence-corrected chi connectivity index (χ3v) is 4.07. The van der Waals surface area contributed by atoms with E-state index in [1.54, 1.807) is 0 Å². The Morgan fingerprint density at radius 1 is 1.08 bits per heavy atom. The number of piperazine rings is 1. The first-order valence-corrected chi connectivity index (χ1v) is 8.00. The zero-order valence-electron chi connectivity index (χ0n) is 15.4. The van der Waals surface area contributed by atoms with E-state index in [4.69, 9.17) is 4.74 Å². The van der Waals surface area contributed by atoms with Gasteiger partial charge >= 0.3 is 6.36 Å². The Labute approximate surface area is 165 Å². The third-order valence-electron chi connectivity index (χ3n) is 4.07. The van der Waals surface area contributed by atoms with Crippen LogP contribution in [0.1, 0.15) is 32.4 Å². The molecule has 1 aliphatic heterocycles. The highest BCUT2D eigenvalue weighted by Gasteiger charge is 2.36. The standard InChI is InChI=1S/C17H25F3N2O2.2ClH/c1-16(2,3)15(22-9-7-21-8-10-22)13-11-12(24-17(18,19)20)5-6-14(13)23-4;;/h5-6,11,15,21H,7-10H2,1-4H3;2*1H/t15-;;/m0../s1. The van der Waals surface area contributed by atoms with Gasteiger partial charge in [-0.2, -0.15) is 0 Å². The first-order valence-electron chi connectivity index (χ1n) is 8.00. The number of ether oxygens (including phenoxy) is 2. The van der Waals surface area contributed by atoms with Crippen molar-refractivity contribution >= 4 is 24.8 Å². The molecule has 1 N–H and O–H groups in total. The van der Waals surface area contributed by atoms with Gasteiger partial charge in [-0.1, -0.05) is 20.8 Å². The number of rotatable bonds is 4. The number of methoxy groups -OCH3 is 1. The van der Waals surface area contributed by atoms with Crippen LogP contribution in [-0.2, 0) is 0 Å². The maximum Gasteiger partial charge on any atom is 0.573 e. The van der Waals surface area contributed by atoms with E-state index in [1.165, 1.54) is 25.3 Å². The number of halogens is 5. The average molecular weight is 419 g/mol. The maximum atomic E-state index is 12.6. The number of hydrogen-bond donors (Lipinski definition) is 1. The highest BCUT2D eigenvalue weighted by Crippen LogP contribution is 2.43. The minimum absolute atomic E-state index is 0. The van der Waals surface area contributed by atoms with Crippen LogP contribution in [0.4, 0.5) is 13.2 Å². The Hall–Kier alpha value is -0.890. The molecule has 1 aromatic carbocycles. The molecule has 1 saturated heterocycles. The molecule has 1 aromatic rings. The van der Waals surface area contributed by atoms with Gasteiger partial charge in [-0.25, -0.2) is 0 Å². The van der Waals surface area contributed by atoms with Crippen LogP contribution in [0, 0.1) is 5.41 Å². The quantitative estimate of drug-likeness (QED) is 0.783. The number of nitrogens with zero attached hydrogens (tertiary/aromatic N) is 1. The molecule has 0 saturated carbocycles. The third kappa shape index (κ3) is 6.68. The molecule has 26 heavy (non-hydrogen) atoms. The molecular formula is C17H27Cl2F3N2O2. The molecule has 4 nitrogen and oxygen atoms in total. The topological polar surface area (TPSA) is 33.7 Å². The van der Waals surface area contributed by atoms with Gasteiger partial charge in [0.05, 0.1) is 7.11 Å². The molecule has 1 aliphatic rings. The van der Waals surface area contributed by atoms with Crippen molar-refractivity contribution < 1.29 is 22.6 Å². The lowest BCUT2D eigenvalue weighted by Gasteiger charge is -2.43. The summed E-state index contributed by atoms with van der Waals surface area (Å²) in [7, 11) is 1.53. The average Bonchev–Trinajstić information content (AvgIpc) is 2.46. The van der Waals surface area contributed by atoms with E-state index in [-0.39, 0.29) is 42.0 Å². The second kappa shape index (κ2) is 9.88. The molecule has 0 bridgehead atoms. The van der Waals surface area contributed by atoms with Crippen LogP contribution in [0.25, 0.3) is 0 Å². The molecule has 0 radical (unpaired) electrons. The smallest absolute Gasteiger partial charge is 0.496 e. The summed E-state index contributed by atoms with van der Waals surface area (Å²) in [5.74, 6) is 0.352. The van der Waals surface area contributed by atoms with Crippen molar-refractivity contribution in [3.05, 3.63) is 23.8 Å². The van der Waals surface area contributed by atoms with Crippen LogP contribution in [0.5, 0.6) is 11.5 Å². The van der Waals surface area contributed by atoms with Crippen molar-refractivity contribution in [2.75, 3.05) is 33.3 Å². The molecule has 0 aromatic heterocycles. The predicted octanol–water partition coefficient (Wildman–Crippen LogP) is 4.43. The van der Waals surface area contributed by atoms with E-state index in [1.807, 2.05) is 0 Å². The van der Waals surface area contributed by atoms with Gasteiger partial charge in [-0.05, 0) is 23.6 Å². The Bertz CT molecular complexity index is 560. The van der Waals surface area contributed by atoms with E-state index >= 15 is 0 Å². The summed E-state index contributed by atoms with van der Waals surface area (Å²) in [6.07, 6.45) is -4.71. The van der Waals surface area contributed by atoms with Crippen molar-refractivity contribution in [2.24, 2.45) is 5.41 Å². The molecule has 152 valence electrons. The first kappa shape index (κ1) is 25.1. The maximum absolute atomic E-state index is 12.6.